The Hall–Kier alpha value is -2.77. The Morgan fingerprint density at radius 2 is 1.84 bits per heavy atom. The van der Waals surface area contributed by atoms with E-state index in [1.54, 1.807) is 6.07 Å². The van der Waals surface area contributed by atoms with Crippen LogP contribution < -0.4 is 5.32 Å². The van der Waals surface area contributed by atoms with Gasteiger partial charge in [-0.05, 0) is 61.6 Å². The topological polar surface area (TPSA) is 68.8 Å². The minimum Gasteiger partial charge on any atom is -0.356 e. The average molecular weight is 438 g/mol. The molecule has 4 aromatic rings. The number of hydrogen-bond acceptors (Lipinski definition) is 5. The van der Waals surface area contributed by atoms with Gasteiger partial charge in [-0.15, -0.1) is 10.2 Å². The van der Waals surface area contributed by atoms with Crippen LogP contribution in [0.25, 0.3) is 16.7 Å². The highest BCUT2D eigenvalue weighted by Crippen LogP contribution is 2.42. The Kier molecular flexibility index (Phi) is 4.54. The number of nitrogens with zero attached hydrogens (tertiary/aromatic N) is 4. The molecule has 2 aromatic carbocycles. The van der Waals surface area contributed by atoms with Crippen molar-refractivity contribution in [1.29, 1.82) is 0 Å². The van der Waals surface area contributed by atoms with Crippen LogP contribution in [0.3, 0.4) is 0 Å². The number of aromatic nitrogens is 4. The van der Waals surface area contributed by atoms with Crippen LogP contribution in [0.2, 0.25) is 5.02 Å². The van der Waals surface area contributed by atoms with Crippen LogP contribution in [0.5, 0.6) is 0 Å². The fourth-order valence-corrected chi connectivity index (χ4v) is 5.24. The summed E-state index contributed by atoms with van der Waals surface area (Å²) < 4.78 is 21.1. The van der Waals surface area contributed by atoms with Crippen molar-refractivity contribution in [3.05, 3.63) is 70.1 Å². The van der Waals surface area contributed by atoms with Gasteiger partial charge in [0.15, 0.2) is 11.4 Å². The third kappa shape index (κ3) is 3.23. The van der Waals surface area contributed by atoms with Crippen LogP contribution in [0.4, 0.5) is 4.39 Å². The number of hydrogen-bond donors (Lipinski definition) is 1. The molecule has 0 unspecified atom stereocenters. The van der Waals surface area contributed by atoms with Gasteiger partial charge < -0.3 is 9.84 Å². The van der Waals surface area contributed by atoms with Crippen molar-refractivity contribution in [2.45, 2.75) is 50.6 Å². The number of fused-ring (bicyclic) bond motifs is 4. The molecule has 2 aliphatic rings. The van der Waals surface area contributed by atoms with E-state index in [1.807, 2.05) is 12.1 Å². The zero-order valence-corrected chi connectivity index (χ0v) is 17.6. The lowest BCUT2D eigenvalue weighted by Crippen LogP contribution is -2.17. The van der Waals surface area contributed by atoms with Crippen LogP contribution in [0.15, 0.2) is 40.9 Å². The average Bonchev–Trinajstić information content (AvgIpc) is 3.34. The second-order valence-electron chi connectivity index (χ2n) is 8.44. The SMILES string of the molecule is Fc1ccc2c(c1)onc2[C@H]1CC[C@H](c2nnc3n2-c2ccc(Cl)cc2CNC3)CC1. The second-order valence-corrected chi connectivity index (χ2v) is 8.88. The van der Waals surface area contributed by atoms with Gasteiger partial charge >= 0.3 is 0 Å². The highest BCUT2D eigenvalue weighted by atomic mass is 35.5. The molecule has 31 heavy (non-hydrogen) atoms. The van der Waals surface area contributed by atoms with E-state index < -0.39 is 0 Å². The van der Waals surface area contributed by atoms with Crippen LogP contribution >= 0.6 is 11.6 Å². The van der Waals surface area contributed by atoms with Crippen molar-refractivity contribution >= 4 is 22.6 Å². The predicted octanol–water partition coefficient (Wildman–Crippen LogP) is 5.25. The fourth-order valence-electron chi connectivity index (χ4n) is 5.04. The molecule has 1 fully saturated rings. The van der Waals surface area contributed by atoms with Crippen molar-refractivity contribution in [3.63, 3.8) is 0 Å². The number of halogens is 2. The normalized spacial score (nSPS) is 21.0. The van der Waals surface area contributed by atoms with E-state index in [2.05, 4.69) is 31.3 Å². The van der Waals surface area contributed by atoms with Crippen molar-refractivity contribution in [3.8, 4) is 5.69 Å². The predicted molar refractivity (Wildman–Crippen MR) is 115 cm³/mol. The first-order valence-corrected chi connectivity index (χ1v) is 11.0. The highest BCUT2D eigenvalue weighted by molar-refractivity contribution is 6.30. The largest absolute Gasteiger partial charge is 0.356 e. The Labute approximate surface area is 183 Å². The molecule has 0 atom stereocenters. The first-order chi connectivity index (χ1) is 15.2. The van der Waals surface area contributed by atoms with Gasteiger partial charge in [0, 0.05) is 34.9 Å². The van der Waals surface area contributed by atoms with Gasteiger partial charge in [0.2, 0.25) is 0 Å². The fraction of sp³-hybridized carbons (Fsp3) is 0.348. The molecule has 1 aliphatic carbocycles. The molecule has 158 valence electrons. The maximum Gasteiger partial charge on any atom is 0.170 e. The number of benzene rings is 2. The summed E-state index contributed by atoms with van der Waals surface area (Å²) in [6.45, 7) is 1.43. The molecular weight excluding hydrogens is 417 g/mol. The summed E-state index contributed by atoms with van der Waals surface area (Å²) in [6, 6.07) is 10.6. The van der Waals surface area contributed by atoms with Crippen molar-refractivity contribution in [1.82, 2.24) is 25.2 Å². The van der Waals surface area contributed by atoms with E-state index in [9.17, 15) is 4.39 Å². The highest BCUT2D eigenvalue weighted by Gasteiger charge is 2.31. The van der Waals surface area contributed by atoms with Gasteiger partial charge in [0.25, 0.3) is 0 Å². The van der Waals surface area contributed by atoms with Gasteiger partial charge in [0.1, 0.15) is 11.6 Å². The molecule has 3 heterocycles. The molecule has 0 radical (unpaired) electrons. The lowest BCUT2D eigenvalue weighted by molar-refractivity contribution is 0.360. The van der Waals surface area contributed by atoms with Gasteiger partial charge in [0.05, 0.1) is 17.9 Å². The molecule has 1 aliphatic heterocycles. The molecule has 6 nitrogen and oxygen atoms in total. The van der Waals surface area contributed by atoms with Crippen LogP contribution in [0.1, 0.15) is 60.4 Å². The molecule has 1 saturated carbocycles. The monoisotopic (exact) mass is 437 g/mol. The van der Waals surface area contributed by atoms with E-state index in [0.29, 0.717) is 24.0 Å². The van der Waals surface area contributed by atoms with E-state index in [4.69, 9.17) is 16.1 Å². The molecule has 8 heteroatoms. The van der Waals surface area contributed by atoms with E-state index >= 15 is 0 Å². The quantitative estimate of drug-likeness (QED) is 0.464. The van der Waals surface area contributed by atoms with E-state index in [1.165, 1.54) is 12.1 Å². The summed E-state index contributed by atoms with van der Waals surface area (Å²) in [6.07, 6.45) is 3.96. The number of nitrogens with one attached hydrogen (secondary N) is 1. The maximum atomic E-state index is 13.5. The summed E-state index contributed by atoms with van der Waals surface area (Å²) in [5.74, 6) is 2.29. The first-order valence-electron chi connectivity index (χ1n) is 10.7. The number of rotatable bonds is 2. The smallest absolute Gasteiger partial charge is 0.170 e. The summed E-state index contributed by atoms with van der Waals surface area (Å²) in [7, 11) is 0. The molecule has 1 N–H and O–H groups in total. The van der Waals surface area contributed by atoms with Crippen LogP contribution in [0, 0.1) is 5.82 Å². The van der Waals surface area contributed by atoms with Gasteiger partial charge in [-0.1, -0.05) is 16.8 Å². The van der Waals surface area contributed by atoms with Crippen LogP contribution in [-0.2, 0) is 13.1 Å². The zero-order chi connectivity index (χ0) is 20.9. The third-order valence-corrected chi connectivity index (χ3v) is 6.81. The van der Waals surface area contributed by atoms with Gasteiger partial charge in [-0.2, -0.15) is 0 Å². The van der Waals surface area contributed by atoms with Crippen molar-refractivity contribution < 1.29 is 8.91 Å². The minimum absolute atomic E-state index is 0.303. The summed E-state index contributed by atoms with van der Waals surface area (Å²) in [5, 5.41) is 18.4. The molecule has 0 amide bonds. The van der Waals surface area contributed by atoms with Crippen LogP contribution in [-0.4, -0.2) is 19.9 Å². The maximum absolute atomic E-state index is 13.5. The zero-order valence-electron chi connectivity index (χ0n) is 16.8. The summed E-state index contributed by atoms with van der Waals surface area (Å²) in [5.41, 5.74) is 3.72. The molecule has 0 bridgehead atoms. The second kappa shape index (κ2) is 7.43. The van der Waals surface area contributed by atoms with E-state index in [-0.39, 0.29) is 5.82 Å². The standard InChI is InChI=1S/C23H21ClFN5O/c24-16-5-8-19-15(9-16)11-26-12-21-27-28-23(30(19)21)14-3-1-13(2-4-14)22-18-7-6-17(25)10-20(18)31-29-22/h5-10,13-14,26H,1-4,11-12H2/t13-,14-. The van der Waals surface area contributed by atoms with Crippen molar-refractivity contribution in [2.24, 2.45) is 0 Å². The lowest BCUT2D eigenvalue weighted by Gasteiger charge is -2.27. The molecular formula is C23H21ClFN5O. The molecule has 2 aromatic heterocycles. The van der Waals surface area contributed by atoms with Crippen molar-refractivity contribution in [2.75, 3.05) is 0 Å². The lowest BCUT2D eigenvalue weighted by atomic mass is 9.79. The summed E-state index contributed by atoms with van der Waals surface area (Å²) >= 11 is 6.23. The third-order valence-electron chi connectivity index (χ3n) is 6.58. The first kappa shape index (κ1) is 19.0. The Balaban J connectivity index is 1.28. The van der Waals surface area contributed by atoms with Gasteiger partial charge in [-0.25, -0.2) is 4.39 Å². The van der Waals surface area contributed by atoms with E-state index in [0.717, 1.165) is 71.2 Å². The molecule has 6 rings (SSSR count). The van der Waals surface area contributed by atoms with Gasteiger partial charge in [-0.3, -0.25) is 4.57 Å². The molecule has 0 spiro atoms. The summed E-state index contributed by atoms with van der Waals surface area (Å²) in [4.78, 5) is 0. The minimum atomic E-state index is -0.303. The Bertz CT molecular complexity index is 1270. The molecule has 0 saturated heterocycles. The Morgan fingerprint density at radius 1 is 1.00 bits per heavy atom. The Morgan fingerprint density at radius 3 is 2.71 bits per heavy atom.